The Morgan fingerprint density at radius 1 is 1.18 bits per heavy atom. The standard InChI is InChI=1S/C12H16N2O3/c1-9-7-11(17-8-9)12(16)14-5-3-13(4-6-14)10(2)15/h7-8H,3-6H2,1-2H3. The molecule has 17 heavy (non-hydrogen) atoms. The Labute approximate surface area is 100.0 Å². The van der Waals surface area contributed by atoms with Gasteiger partial charge in [0.2, 0.25) is 5.91 Å². The summed E-state index contributed by atoms with van der Waals surface area (Å²) in [6, 6.07) is 1.74. The highest BCUT2D eigenvalue weighted by molar-refractivity contribution is 5.91. The Hall–Kier alpha value is -1.78. The fraction of sp³-hybridized carbons (Fsp3) is 0.500. The number of nitrogens with zero attached hydrogens (tertiary/aromatic N) is 2. The molecule has 0 spiro atoms. The third kappa shape index (κ3) is 2.49. The minimum Gasteiger partial charge on any atom is -0.459 e. The van der Waals surface area contributed by atoms with Gasteiger partial charge in [-0.1, -0.05) is 0 Å². The summed E-state index contributed by atoms with van der Waals surface area (Å²) >= 11 is 0. The molecule has 2 amide bonds. The van der Waals surface area contributed by atoms with Gasteiger partial charge in [0.05, 0.1) is 6.26 Å². The molecule has 2 heterocycles. The smallest absolute Gasteiger partial charge is 0.289 e. The number of furan rings is 1. The van der Waals surface area contributed by atoms with Crippen LogP contribution in [0.5, 0.6) is 0 Å². The fourth-order valence-corrected chi connectivity index (χ4v) is 1.92. The van der Waals surface area contributed by atoms with Gasteiger partial charge in [-0.25, -0.2) is 0 Å². The number of amides is 2. The molecule has 0 radical (unpaired) electrons. The molecule has 5 nitrogen and oxygen atoms in total. The van der Waals surface area contributed by atoms with Crippen LogP contribution in [0.3, 0.4) is 0 Å². The van der Waals surface area contributed by atoms with Gasteiger partial charge in [0.25, 0.3) is 5.91 Å². The molecule has 0 unspecified atom stereocenters. The molecule has 1 aromatic rings. The highest BCUT2D eigenvalue weighted by Gasteiger charge is 2.24. The largest absolute Gasteiger partial charge is 0.459 e. The Bertz CT molecular complexity index is 431. The Morgan fingerprint density at radius 3 is 2.24 bits per heavy atom. The van der Waals surface area contributed by atoms with E-state index in [-0.39, 0.29) is 11.8 Å². The van der Waals surface area contributed by atoms with Crippen molar-refractivity contribution in [3.8, 4) is 0 Å². The van der Waals surface area contributed by atoms with Crippen molar-refractivity contribution < 1.29 is 14.0 Å². The molecule has 0 aromatic carbocycles. The van der Waals surface area contributed by atoms with E-state index in [2.05, 4.69) is 0 Å². The van der Waals surface area contributed by atoms with Gasteiger partial charge >= 0.3 is 0 Å². The lowest BCUT2D eigenvalue weighted by molar-refractivity contribution is -0.130. The summed E-state index contributed by atoms with van der Waals surface area (Å²) in [5.41, 5.74) is 0.940. The SMILES string of the molecule is CC(=O)N1CCN(C(=O)c2cc(C)co2)CC1. The van der Waals surface area contributed by atoms with Gasteiger partial charge < -0.3 is 14.2 Å². The molecule has 5 heteroatoms. The molecule has 0 N–H and O–H groups in total. The zero-order valence-electron chi connectivity index (χ0n) is 10.1. The highest BCUT2D eigenvalue weighted by Crippen LogP contribution is 2.11. The molecule has 1 saturated heterocycles. The molecule has 92 valence electrons. The maximum atomic E-state index is 12.0. The summed E-state index contributed by atoms with van der Waals surface area (Å²) in [6.07, 6.45) is 1.57. The Kier molecular flexibility index (Phi) is 3.17. The van der Waals surface area contributed by atoms with E-state index < -0.39 is 0 Å². The molecular weight excluding hydrogens is 220 g/mol. The zero-order valence-corrected chi connectivity index (χ0v) is 10.1. The van der Waals surface area contributed by atoms with Gasteiger partial charge in [0.1, 0.15) is 0 Å². The van der Waals surface area contributed by atoms with Crippen molar-refractivity contribution in [2.75, 3.05) is 26.2 Å². The van der Waals surface area contributed by atoms with E-state index in [4.69, 9.17) is 4.42 Å². The zero-order chi connectivity index (χ0) is 12.4. The van der Waals surface area contributed by atoms with Gasteiger partial charge in [0, 0.05) is 33.1 Å². The van der Waals surface area contributed by atoms with Gasteiger partial charge in [-0.15, -0.1) is 0 Å². The van der Waals surface area contributed by atoms with Crippen LogP contribution < -0.4 is 0 Å². The summed E-state index contributed by atoms with van der Waals surface area (Å²) in [5, 5.41) is 0. The second-order valence-electron chi connectivity index (χ2n) is 4.29. The average Bonchev–Trinajstić information content (AvgIpc) is 2.75. The lowest BCUT2D eigenvalue weighted by Crippen LogP contribution is -2.50. The predicted octanol–water partition coefficient (Wildman–Crippen LogP) is 0.892. The van der Waals surface area contributed by atoms with Crippen molar-refractivity contribution in [3.63, 3.8) is 0 Å². The second-order valence-corrected chi connectivity index (χ2v) is 4.29. The Balaban J connectivity index is 1.97. The lowest BCUT2D eigenvalue weighted by Gasteiger charge is -2.33. The van der Waals surface area contributed by atoms with Gasteiger partial charge in [0.15, 0.2) is 5.76 Å². The number of carbonyl (C=O) groups is 2. The van der Waals surface area contributed by atoms with Crippen LogP contribution in [0.1, 0.15) is 23.0 Å². The minimum absolute atomic E-state index is 0.0611. The monoisotopic (exact) mass is 236 g/mol. The van der Waals surface area contributed by atoms with Crippen molar-refractivity contribution in [1.82, 2.24) is 9.80 Å². The molecule has 0 atom stereocenters. The number of rotatable bonds is 1. The summed E-state index contributed by atoms with van der Waals surface area (Å²) in [7, 11) is 0. The van der Waals surface area contributed by atoms with Crippen LogP contribution in [-0.4, -0.2) is 47.8 Å². The van der Waals surface area contributed by atoms with Gasteiger partial charge in [-0.3, -0.25) is 9.59 Å². The quantitative estimate of drug-likeness (QED) is 0.727. The van der Waals surface area contributed by atoms with E-state index in [0.29, 0.717) is 31.9 Å². The molecule has 0 saturated carbocycles. The van der Waals surface area contributed by atoms with Gasteiger partial charge in [-0.2, -0.15) is 0 Å². The third-order valence-corrected chi connectivity index (χ3v) is 2.95. The highest BCUT2D eigenvalue weighted by atomic mass is 16.3. The average molecular weight is 236 g/mol. The van der Waals surface area contributed by atoms with E-state index in [1.165, 1.54) is 0 Å². The fourth-order valence-electron chi connectivity index (χ4n) is 1.92. The first kappa shape index (κ1) is 11.7. The topological polar surface area (TPSA) is 53.8 Å². The third-order valence-electron chi connectivity index (χ3n) is 2.95. The molecular formula is C12H16N2O3. The first-order chi connectivity index (χ1) is 8.08. The van der Waals surface area contributed by atoms with Crippen LogP contribution in [0.2, 0.25) is 0 Å². The number of carbonyl (C=O) groups excluding carboxylic acids is 2. The maximum absolute atomic E-state index is 12.0. The van der Waals surface area contributed by atoms with Gasteiger partial charge in [-0.05, 0) is 18.6 Å². The van der Waals surface area contributed by atoms with Crippen molar-refractivity contribution >= 4 is 11.8 Å². The molecule has 2 rings (SSSR count). The summed E-state index contributed by atoms with van der Waals surface area (Å²) in [5.74, 6) is 0.339. The molecule has 0 bridgehead atoms. The van der Waals surface area contributed by atoms with Crippen LogP contribution in [0.15, 0.2) is 16.7 Å². The molecule has 1 aliphatic heterocycles. The van der Waals surface area contributed by atoms with E-state index in [9.17, 15) is 9.59 Å². The summed E-state index contributed by atoms with van der Waals surface area (Å²) < 4.78 is 5.18. The van der Waals surface area contributed by atoms with E-state index >= 15 is 0 Å². The van der Waals surface area contributed by atoms with Crippen LogP contribution in [0, 0.1) is 6.92 Å². The summed E-state index contributed by atoms with van der Waals surface area (Å²) in [4.78, 5) is 26.6. The number of hydrogen-bond acceptors (Lipinski definition) is 3. The van der Waals surface area contributed by atoms with Crippen molar-refractivity contribution in [2.24, 2.45) is 0 Å². The summed E-state index contributed by atoms with van der Waals surface area (Å²) in [6.45, 7) is 5.76. The normalized spacial score (nSPS) is 16.1. The molecule has 1 aromatic heterocycles. The maximum Gasteiger partial charge on any atom is 0.289 e. The first-order valence-electron chi connectivity index (χ1n) is 5.68. The Morgan fingerprint density at radius 2 is 1.76 bits per heavy atom. The molecule has 1 aliphatic rings. The van der Waals surface area contributed by atoms with Crippen LogP contribution in [-0.2, 0) is 4.79 Å². The van der Waals surface area contributed by atoms with E-state index in [1.807, 2.05) is 6.92 Å². The van der Waals surface area contributed by atoms with E-state index in [0.717, 1.165) is 5.56 Å². The van der Waals surface area contributed by atoms with Crippen molar-refractivity contribution in [3.05, 3.63) is 23.7 Å². The number of piperazine rings is 1. The molecule has 0 aliphatic carbocycles. The first-order valence-corrected chi connectivity index (χ1v) is 5.68. The second kappa shape index (κ2) is 4.61. The molecule has 1 fully saturated rings. The minimum atomic E-state index is -0.0960. The van der Waals surface area contributed by atoms with E-state index in [1.54, 1.807) is 29.1 Å². The van der Waals surface area contributed by atoms with Crippen molar-refractivity contribution in [1.29, 1.82) is 0 Å². The predicted molar refractivity (Wildman–Crippen MR) is 61.6 cm³/mol. The van der Waals surface area contributed by atoms with Crippen molar-refractivity contribution in [2.45, 2.75) is 13.8 Å². The van der Waals surface area contributed by atoms with Crippen LogP contribution in [0.4, 0.5) is 0 Å². The lowest BCUT2D eigenvalue weighted by atomic mass is 10.2. The van der Waals surface area contributed by atoms with Crippen LogP contribution >= 0.6 is 0 Å². The van der Waals surface area contributed by atoms with Crippen LogP contribution in [0.25, 0.3) is 0 Å². The number of hydrogen-bond donors (Lipinski definition) is 0. The number of aryl methyl sites for hydroxylation is 1.